The van der Waals surface area contributed by atoms with E-state index in [9.17, 15) is 4.79 Å². The number of rotatable bonds is 8. The standard InChI is InChI=1S/C25H21N3OS/c29-22(19-11-4-1-5-12-19)17-10-18-30-25-26-23(20-13-6-2-7-14-20)24(27-28-25)21-15-8-3-9-16-21/h1-9,11-16H,10,17-18H2. The molecule has 1 heterocycles. The van der Waals surface area contributed by atoms with E-state index in [1.165, 1.54) is 11.8 Å². The van der Waals surface area contributed by atoms with E-state index in [1.807, 2.05) is 91.0 Å². The maximum absolute atomic E-state index is 12.2. The molecule has 4 nitrogen and oxygen atoms in total. The number of nitrogens with zero attached hydrogens (tertiary/aromatic N) is 3. The van der Waals surface area contributed by atoms with Gasteiger partial charge in [0.25, 0.3) is 0 Å². The third-order valence-electron chi connectivity index (χ3n) is 4.64. The van der Waals surface area contributed by atoms with Gasteiger partial charge < -0.3 is 0 Å². The number of Topliss-reactive ketones (excluding diaryl/α,β-unsaturated/α-hetero) is 1. The first-order valence-electron chi connectivity index (χ1n) is 9.88. The van der Waals surface area contributed by atoms with Gasteiger partial charge in [-0.3, -0.25) is 4.79 Å². The van der Waals surface area contributed by atoms with Crippen molar-refractivity contribution in [3.05, 3.63) is 96.6 Å². The predicted molar refractivity (Wildman–Crippen MR) is 121 cm³/mol. The highest BCUT2D eigenvalue weighted by molar-refractivity contribution is 7.99. The first kappa shape index (κ1) is 20.0. The lowest BCUT2D eigenvalue weighted by molar-refractivity contribution is 0.0982. The third-order valence-corrected chi connectivity index (χ3v) is 5.56. The molecule has 0 radical (unpaired) electrons. The summed E-state index contributed by atoms with van der Waals surface area (Å²) in [5.74, 6) is 0.929. The molecule has 30 heavy (non-hydrogen) atoms. The summed E-state index contributed by atoms with van der Waals surface area (Å²) in [7, 11) is 0. The largest absolute Gasteiger partial charge is 0.294 e. The van der Waals surface area contributed by atoms with Crippen molar-refractivity contribution in [2.24, 2.45) is 0 Å². The van der Waals surface area contributed by atoms with Gasteiger partial charge in [0, 0.05) is 28.9 Å². The predicted octanol–water partition coefficient (Wildman–Crippen LogP) is 5.96. The van der Waals surface area contributed by atoms with Crippen molar-refractivity contribution in [1.82, 2.24) is 15.2 Å². The zero-order valence-corrected chi connectivity index (χ0v) is 17.3. The van der Waals surface area contributed by atoms with Gasteiger partial charge in [0.2, 0.25) is 5.16 Å². The molecule has 3 aromatic carbocycles. The number of carbonyl (C=O) groups excluding carboxylic acids is 1. The Hall–Kier alpha value is -3.31. The Morgan fingerprint density at radius 3 is 1.90 bits per heavy atom. The normalized spacial score (nSPS) is 10.7. The Balaban J connectivity index is 1.47. The second kappa shape index (κ2) is 9.94. The van der Waals surface area contributed by atoms with E-state index >= 15 is 0 Å². The van der Waals surface area contributed by atoms with Gasteiger partial charge in [-0.2, -0.15) is 0 Å². The second-order valence-electron chi connectivity index (χ2n) is 6.76. The van der Waals surface area contributed by atoms with Gasteiger partial charge in [-0.25, -0.2) is 4.98 Å². The molecule has 0 amide bonds. The van der Waals surface area contributed by atoms with E-state index < -0.39 is 0 Å². The number of benzene rings is 3. The lowest BCUT2D eigenvalue weighted by Gasteiger charge is -2.09. The van der Waals surface area contributed by atoms with Gasteiger partial charge in [-0.05, 0) is 6.42 Å². The van der Waals surface area contributed by atoms with Crippen LogP contribution >= 0.6 is 11.8 Å². The van der Waals surface area contributed by atoms with Crippen LogP contribution in [0.1, 0.15) is 23.2 Å². The molecule has 0 atom stereocenters. The summed E-state index contributed by atoms with van der Waals surface area (Å²) in [6, 6.07) is 29.4. The first-order valence-corrected chi connectivity index (χ1v) is 10.9. The topological polar surface area (TPSA) is 55.7 Å². The first-order chi connectivity index (χ1) is 14.8. The smallest absolute Gasteiger partial charge is 0.209 e. The molecule has 0 saturated heterocycles. The van der Waals surface area contributed by atoms with E-state index in [4.69, 9.17) is 4.98 Å². The SMILES string of the molecule is O=C(CCCSc1nnc(-c2ccccc2)c(-c2ccccc2)n1)c1ccccc1. The van der Waals surface area contributed by atoms with E-state index in [2.05, 4.69) is 10.2 Å². The Kier molecular flexibility index (Phi) is 6.62. The van der Waals surface area contributed by atoms with Crippen molar-refractivity contribution >= 4 is 17.5 Å². The number of hydrogen-bond donors (Lipinski definition) is 0. The molecular formula is C25H21N3OS. The zero-order chi connectivity index (χ0) is 20.6. The lowest BCUT2D eigenvalue weighted by Crippen LogP contribution is -2.01. The van der Waals surface area contributed by atoms with Crippen molar-refractivity contribution in [1.29, 1.82) is 0 Å². The van der Waals surface area contributed by atoms with Crippen molar-refractivity contribution in [2.75, 3.05) is 5.75 Å². The highest BCUT2D eigenvalue weighted by Crippen LogP contribution is 2.29. The van der Waals surface area contributed by atoms with E-state index in [1.54, 1.807) is 0 Å². The molecule has 4 aromatic rings. The monoisotopic (exact) mass is 411 g/mol. The summed E-state index contributed by atoms with van der Waals surface area (Å²) in [6.45, 7) is 0. The van der Waals surface area contributed by atoms with Crippen LogP contribution in [0.25, 0.3) is 22.5 Å². The molecule has 0 bridgehead atoms. The van der Waals surface area contributed by atoms with Crippen molar-refractivity contribution < 1.29 is 4.79 Å². The summed E-state index contributed by atoms with van der Waals surface area (Å²) >= 11 is 1.53. The third kappa shape index (κ3) is 4.99. The highest BCUT2D eigenvalue weighted by atomic mass is 32.2. The fraction of sp³-hybridized carbons (Fsp3) is 0.120. The second-order valence-corrected chi connectivity index (χ2v) is 7.83. The van der Waals surface area contributed by atoms with Crippen molar-refractivity contribution in [3.63, 3.8) is 0 Å². The highest BCUT2D eigenvalue weighted by Gasteiger charge is 2.14. The minimum absolute atomic E-state index is 0.166. The molecule has 0 aliphatic rings. The summed E-state index contributed by atoms with van der Waals surface area (Å²) in [5, 5.41) is 9.45. The van der Waals surface area contributed by atoms with Crippen LogP contribution in [-0.4, -0.2) is 26.7 Å². The maximum Gasteiger partial charge on any atom is 0.209 e. The van der Waals surface area contributed by atoms with Crippen LogP contribution in [-0.2, 0) is 0 Å². The minimum atomic E-state index is 0.166. The van der Waals surface area contributed by atoms with Gasteiger partial charge in [0.15, 0.2) is 5.78 Å². The van der Waals surface area contributed by atoms with Crippen molar-refractivity contribution in [3.8, 4) is 22.5 Å². The molecule has 1 aromatic heterocycles. The molecule has 5 heteroatoms. The Labute approximate surface area is 180 Å². The average molecular weight is 412 g/mol. The van der Waals surface area contributed by atoms with E-state index in [0.717, 1.165) is 40.3 Å². The molecule has 0 saturated carbocycles. The molecule has 0 aliphatic carbocycles. The van der Waals surface area contributed by atoms with Gasteiger partial charge >= 0.3 is 0 Å². The summed E-state index contributed by atoms with van der Waals surface area (Å²) in [4.78, 5) is 17.0. The summed E-state index contributed by atoms with van der Waals surface area (Å²) < 4.78 is 0. The average Bonchev–Trinajstić information content (AvgIpc) is 2.83. The Morgan fingerprint density at radius 2 is 1.27 bits per heavy atom. The number of ketones is 1. The van der Waals surface area contributed by atoms with Crippen LogP contribution < -0.4 is 0 Å². The molecular weight excluding hydrogens is 390 g/mol. The fourth-order valence-corrected chi connectivity index (χ4v) is 3.85. The number of hydrogen-bond acceptors (Lipinski definition) is 5. The van der Waals surface area contributed by atoms with Crippen LogP contribution in [0.3, 0.4) is 0 Å². The lowest BCUT2D eigenvalue weighted by atomic mass is 10.0. The van der Waals surface area contributed by atoms with Gasteiger partial charge in [-0.1, -0.05) is 103 Å². The molecule has 0 spiro atoms. The van der Waals surface area contributed by atoms with Crippen LogP contribution in [0.5, 0.6) is 0 Å². The van der Waals surface area contributed by atoms with Gasteiger partial charge in [0.1, 0.15) is 11.4 Å². The molecule has 148 valence electrons. The van der Waals surface area contributed by atoms with E-state index in [-0.39, 0.29) is 5.78 Å². The summed E-state index contributed by atoms with van der Waals surface area (Å²) in [6.07, 6.45) is 1.28. The maximum atomic E-state index is 12.2. The number of thioether (sulfide) groups is 1. The zero-order valence-electron chi connectivity index (χ0n) is 16.4. The fourth-order valence-electron chi connectivity index (χ4n) is 3.12. The Morgan fingerprint density at radius 1 is 0.700 bits per heavy atom. The molecule has 0 unspecified atom stereocenters. The molecule has 0 N–H and O–H groups in total. The van der Waals surface area contributed by atoms with Crippen molar-refractivity contribution in [2.45, 2.75) is 18.0 Å². The summed E-state index contributed by atoms with van der Waals surface area (Å²) in [5.41, 5.74) is 4.35. The van der Waals surface area contributed by atoms with Gasteiger partial charge in [-0.15, -0.1) is 10.2 Å². The molecule has 0 fully saturated rings. The van der Waals surface area contributed by atoms with Crippen LogP contribution in [0.2, 0.25) is 0 Å². The minimum Gasteiger partial charge on any atom is -0.294 e. The quantitative estimate of drug-likeness (QED) is 0.203. The number of carbonyl (C=O) groups is 1. The molecule has 0 aliphatic heterocycles. The van der Waals surface area contributed by atoms with Crippen LogP contribution in [0.4, 0.5) is 0 Å². The Bertz CT molecular complexity index is 1100. The van der Waals surface area contributed by atoms with Crippen LogP contribution in [0, 0.1) is 0 Å². The van der Waals surface area contributed by atoms with E-state index in [0.29, 0.717) is 11.6 Å². The number of aromatic nitrogens is 3. The van der Waals surface area contributed by atoms with Gasteiger partial charge in [0.05, 0.1) is 0 Å². The molecule has 4 rings (SSSR count). The van der Waals surface area contributed by atoms with Crippen LogP contribution in [0.15, 0.2) is 96.2 Å².